The van der Waals surface area contributed by atoms with Crippen LogP contribution in [0.25, 0.3) is 0 Å². The molecule has 0 aliphatic carbocycles. The number of sulfone groups is 1. The quantitative estimate of drug-likeness (QED) is 0.893. The summed E-state index contributed by atoms with van der Waals surface area (Å²) in [5.74, 6) is -0.730. The van der Waals surface area contributed by atoms with Crippen molar-refractivity contribution in [1.82, 2.24) is 9.97 Å². The number of benzene rings is 1. The van der Waals surface area contributed by atoms with Crippen molar-refractivity contribution in [2.24, 2.45) is 0 Å². The molecule has 0 saturated carbocycles. The molecule has 0 spiro atoms. The van der Waals surface area contributed by atoms with E-state index in [4.69, 9.17) is 0 Å². The smallest absolute Gasteiger partial charge is 0.227 e. The monoisotopic (exact) mass is 368 g/mol. The maximum atomic E-state index is 13.8. The summed E-state index contributed by atoms with van der Waals surface area (Å²) < 4.78 is 50.9. The van der Waals surface area contributed by atoms with Crippen LogP contribution < -0.4 is 10.2 Å². The Labute approximate surface area is 144 Å². The number of hydrogen-bond acceptors (Lipinski definition) is 6. The van der Waals surface area contributed by atoms with E-state index in [1.807, 2.05) is 0 Å². The number of aromatic nitrogens is 2. The molecular formula is C16H18F2N4O2S. The van der Waals surface area contributed by atoms with E-state index < -0.39 is 21.5 Å². The van der Waals surface area contributed by atoms with E-state index in [2.05, 4.69) is 15.3 Å². The zero-order valence-corrected chi connectivity index (χ0v) is 14.6. The predicted molar refractivity (Wildman–Crippen MR) is 91.9 cm³/mol. The number of hydrogen-bond donors (Lipinski definition) is 1. The van der Waals surface area contributed by atoms with E-state index in [1.54, 1.807) is 24.9 Å². The van der Waals surface area contributed by atoms with Crippen molar-refractivity contribution < 1.29 is 17.2 Å². The minimum atomic E-state index is -3.04. The van der Waals surface area contributed by atoms with Gasteiger partial charge in [0.2, 0.25) is 5.95 Å². The van der Waals surface area contributed by atoms with Gasteiger partial charge in [-0.25, -0.2) is 22.2 Å². The molecule has 3 rings (SSSR count). The molecular weight excluding hydrogens is 350 g/mol. The third-order valence-electron chi connectivity index (χ3n) is 4.13. The molecule has 6 nitrogen and oxygen atoms in total. The lowest BCUT2D eigenvalue weighted by Gasteiger charge is -2.24. The zero-order chi connectivity index (χ0) is 18.2. The summed E-state index contributed by atoms with van der Waals surface area (Å²) >= 11 is 0. The van der Waals surface area contributed by atoms with Crippen LogP contribution in [0.3, 0.4) is 0 Å². The maximum absolute atomic E-state index is 13.8. The molecule has 9 heteroatoms. The van der Waals surface area contributed by atoms with Gasteiger partial charge in [0.05, 0.1) is 11.5 Å². The Morgan fingerprint density at radius 2 is 1.92 bits per heavy atom. The third kappa shape index (κ3) is 3.87. The van der Waals surface area contributed by atoms with Crippen LogP contribution in [0.15, 0.2) is 24.3 Å². The Hall–Kier alpha value is -2.29. The fourth-order valence-corrected chi connectivity index (χ4v) is 4.54. The summed E-state index contributed by atoms with van der Waals surface area (Å²) in [4.78, 5) is 10.3. The van der Waals surface area contributed by atoms with Gasteiger partial charge in [-0.3, -0.25) is 0 Å². The highest BCUT2D eigenvalue weighted by Gasteiger charge is 2.32. The fraction of sp³-hybridized carbons (Fsp3) is 0.375. The molecule has 1 N–H and O–H groups in total. The molecule has 2 aromatic rings. The standard InChI is InChI=1S/C16H18F2N4O2S/c1-10-8-14(20-15-12(17)4-3-5-13(15)18)21-16(19-10)22(2)11-6-7-25(23,24)9-11/h3-5,8,11H,6-7,9H2,1-2H3,(H,19,20,21). The summed E-state index contributed by atoms with van der Waals surface area (Å²) in [6.45, 7) is 1.73. The van der Waals surface area contributed by atoms with Crippen molar-refractivity contribution in [1.29, 1.82) is 0 Å². The summed E-state index contributed by atoms with van der Waals surface area (Å²) in [6.07, 6.45) is 0.501. The molecule has 0 bridgehead atoms. The van der Waals surface area contributed by atoms with Crippen molar-refractivity contribution in [2.45, 2.75) is 19.4 Å². The topological polar surface area (TPSA) is 75.2 Å². The van der Waals surface area contributed by atoms with Crippen LogP contribution in [0.2, 0.25) is 0 Å². The summed E-state index contributed by atoms with van der Waals surface area (Å²) in [7, 11) is -1.32. The first kappa shape index (κ1) is 17.5. The van der Waals surface area contributed by atoms with E-state index in [0.717, 1.165) is 12.1 Å². The first-order valence-corrected chi connectivity index (χ1v) is 9.57. The second-order valence-corrected chi connectivity index (χ2v) is 8.31. The van der Waals surface area contributed by atoms with Gasteiger partial charge in [0.1, 0.15) is 23.1 Å². The van der Waals surface area contributed by atoms with Gasteiger partial charge in [0, 0.05) is 24.8 Å². The van der Waals surface area contributed by atoms with Gasteiger partial charge in [-0.1, -0.05) is 6.07 Å². The first-order valence-electron chi connectivity index (χ1n) is 7.75. The molecule has 0 amide bonds. The number of para-hydroxylation sites is 1. The Bertz CT molecular complexity index is 885. The largest absolute Gasteiger partial charge is 0.340 e. The van der Waals surface area contributed by atoms with E-state index in [9.17, 15) is 17.2 Å². The number of anilines is 3. The fourth-order valence-electron chi connectivity index (χ4n) is 2.76. The van der Waals surface area contributed by atoms with Crippen molar-refractivity contribution in [3.05, 3.63) is 41.6 Å². The van der Waals surface area contributed by atoms with E-state index in [0.29, 0.717) is 18.1 Å². The molecule has 1 atom stereocenters. The SMILES string of the molecule is Cc1cc(Nc2c(F)cccc2F)nc(N(C)C2CCS(=O)(=O)C2)n1. The second-order valence-electron chi connectivity index (χ2n) is 6.08. The van der Waals surface area contributed by atoms with E-state index >= 15 is 0 Å². The van der Waals surface area contributed by atoms with Gasteiger partial charge in [-0.2, -0.15) is 4.98 Å². The molecule has 1 aliphatic rings. The Morgan fingerprint density at radius 1 is 1.24 bits per heavy atom. The number of halogens is 2. The first-order chi connectivity index (χ1) is 11.7. The van der Waals surface area contributed by atoms with E-state index in [-0.39, 0.29) is 29.1 Å². The van der Waals surface area contributed by atoms with Crippen LogP contribution in [0, 0.1) is 18.6 Å². The van der Waals surface area contributed by atoms with Crippen molar-refractivity contribution in [2.75, 3.05) is 28.8 Å². The lowest BCUT2D eigenvalue weighted by atomic mass is 10.2. The van der Waals surface area contributed by atoms with Gasteiger partial charge in [-0.15, -0.1) is 0 Å². The zero-order valence-electron chi connectivity index (χ0n) is 13.8. The summed E-state index contributed by atoms with van der Waals surface area (Å²) in [6, 6.07) is 4.92. The number of rotatable bonds is 4. The molecule has 1 saturated heterocycles. The van der Waals surface area contributed by atoms with Crippen LogP contribution in [-0.4, -0.2) is 43.0 Å². The highest BCUT2D eigenvalue weighted by atomic mass is 32.2. The van der Waals surface area contributed by atoms with Crippen molar-refractivity contribution in [3.8, 4) is 0 Å². The predicted octanol–water partition coefficient (Wildman–Crippen LogP) is 2.43. The molecule has 25 heavy (non-hydrogen) atoms. The van der Waals surface area contributed by atoms with Gasteiger partial charge >= 0.3 is 0 Å². The molecule has 1 unspecified atom stereocenters. The van der Waals surface area contributed by atoms with Crippen molar-refractivity contribution in [3.63, 3.8) is 0 Å². The minimum absolute atomic E-state index is 0.0471. The van der Waals surface area contributed by atoms with Crippen molar-refractivity contribution >= 4 is 27.3 Å². The molecule has 2 heterocycles. The van der Waals surface area contributed by atoms with Crippen LogP contribution in [-0.2, 0) is 9.84 Å². The third-order valence-corrected chi connectivity index (χ3v) is 5.88. The summed E-state index contributed by atoms with van der Waals surface area (Å²) in [5, 5.41) is 2.64. The lowest BCUT2D eigenvalue weighted by Crippen LogP contribution is -2.34. The minimum Gasteiger partial charge on any atom is -0.340 e. The van der Waals surface area contributed by atoms with Gasteiger partial charge in [0.25, 0.3) is 0 Å². The van der Waals surface area contributed by atoms with Crippen LogP contribution >= 0.6 is 0 Å². The Balaban J connectivity index is 1.88. The van der Waals surface area contributed by atoms with Gasteiger partial charge in [-0.05, 0) is 25.5 Å². The molecule has 1 aromatic heterocycles. The molecule has 1 fully saturated rings. The number of nitrogens with zero attached hydrogens (tertiary/aromatic N) is 3. The normalized spacial score (nSPS) is 19.0. The van der Waals surface area contributed by atoms with Gasteiger partial charge < -0.3 is 10.2 Å². The Kier molecular flexibility index (Phi) is 4.59. The van der Waals surface area contributed by atoms with Crippen LogP contribution in [0.5, 0.6) is 0 Å². The number of nitrogens with one attached hydrogen (secondary N) is 1. The molecule has 1 aromatic carbocycles. The lowest BCUT2D eigenvalue weighted by molar-refractivity contribution is 0.590. The van der Waals surface area contributed by atoms with Crippen LogP contribution in [0.1, 0.15) is 12.1 Å². The van der Waals surface area contributed by atoms with E-state index in [1.165, 1.54) is 6.07 Å². The Morgan fingerprint density at radius 3 is 2.52 bits per heavy atom. The maximum Gasteiger partial charge on any atom is 0.227 e. The average Bonchev–Trinajstić information content (AvgIpc) is 2.90. The van der Waals surface area contributed by atoms with Crippen LogP contribution in [0.4, 0.5) is 26.2 Å². The highest BCUT2D eigenvalue weighted by molar-refractivity contribution is 7.91. The average molecular weight is 368 g/mol. The molecule has 134 valence electrons. The molecule has 1 aliphatic heterocycles. The summed E-state index contributed by atoms with van der Waals surface area (Å²) in [5.41, 5.74) is 0.301. The molecule has 0 radical (unpaired) electrons. The van der Waals surface area contributed by atoms with Gasteiger partial charge in [0.15, 0.2) is 9.84 Å². The number of aryl methyl sites for hydroxylation is 1. The highest BCUT2D eigenvalue weighted by Crippen LogP contribution is 2.25. The second kappa shape index (κ2) is 6.55.